The Kier molecular flexibility index (Phi) is 8.95. The molecule has 8 nitrogen and oxygen atoms in total. The number of benzene rings is 3. The van der Waals surface area contributed by atoms with Crippen molar-refractivity contribution in [3.05, 3.63) is 85.8 Å². The van der Waals surface area contributed by atoms with E-state index in [1.54, 1.807) is 6.07 Å². The number of esters is 1. The van der Waals surface area contributed by atoms with Crippen molar-refractivity contribution in [2.45, 2.75) is 0 Å². The molecule has 35 heavy (non-hydrogen) atoms. The molecule has 0 aliphatic carbocycles. The average Bonchev–Trinajstić information content (AvgIpc) is 2.83. The molecule has 2 N–H and O–H groups in total. The second-order valence-corrected chi connectivity index (χ2v) is 8.34. The summed E-state index contributed by atoms with van der Waals surface area (Å²) in [6.07, 6.45) is 1.28. The van der Waals surface area contributed by atoms with Gasteiger partial charge in [-0.2, -0.15) is 5.10 Å². The molecule has 3 aromatic rings. The van der Waals surface area contributed by atoms with Gasteiger partial charge in [-0.15, -0.1) is 0 Å². The zero-order valence-electron chi connectivity index (χ0n) is 17.8. The lowest BCUT2D eigenvalue weighted by Gasteiger charge is -2.10. The number of halogens is 4. The van der Waals surface area contributed by atoms with E-state index in [0.29, 0.717) is 21.3 Å². The molecule has 0 heterocycles. The zero-order chi connectivity index (χ0) is 25.5. The van der Waals surface area contributed by atoms with Gasteiger partial charge in [0.1, 0.15) is 0 Å². The quantitative estimate of drug-likeness (QED) is 0.135. The Hall–Kier alpha value is -3.30. The molecule has 0 aliphatic heterocycles. The first-order valence-corrected chi connectivity index (χ1v) is 11.1. The number of hydrogen-bond acceptors (Lipinski definition) is 6. The van der Waals surface area contributed by atoms with Crippen LogP contribution < -0.4 is 20.2 Å². The second-order valence-electron chi connectivity index (χ2n) is 6.71. The highest BCUT2D eigenvalue weighted by Gasteiger charge is 2.15. The minimum atomic E-state index is -1.01. The standard InChI is InChI=1S/C23H15Cl4N3O5/c1-34-20-8-12(2-7-19(20)35-23(33)13-3-5-15(24)17(26)9-13)11-28-30-22(32)21(31)29-14-4-6-16(25)18(27)10-14/h2-11H,1H3,(H,29,31)(H,30,32)/b28-11-. The number of carbonyl (C=O) groups excluding carboxylic acids is 3. The minimum absolute atomic E-state index is 0.144. The average molecular weight is 555 g/mol. The van der Waals surface area contributed by atoms with Gasteiger partial charge in [0.25, 0.3) is 0 Å². The fourth-order valence-corrected chi connectivity index (χ4v) is 3.20. The maximum absolute atomic E-state index is 12.4. The molecular formula is C23H15Cl4N3O5. The van der Waals surface area contributed by atoms with Gasteiger partial charge < -0.3 is 14.8 Å². The number of amides is 2. The maximum Gasteiger partial charge on any atom is 0.343 e. The van der Waals surface area contributed by atoms with Crippen molar-refractivity contribution >= 4 is 76.1 Å². The molecule has 0 spiro atoms. The molecule has 0 aliphatic rings. The Bertz CT molecular complexity index is 1330. The molecule has 12 heteroatoms. The van der Waals surface area contributed by atoms with Crippen LogP contribution in [0.1, 0.15) is 15.9 Å². The van der Waals surface area contributed by atoms with Crippen LogP contribution >= 0.6 is 46.4 Å². The monoisotopic (exact) mass is 553 g/mol. The van der Waals surface area contributed by atoms with Crippen LogP contribution in [0.3, 0.4) is 0 Å². The summed E-state index contributed by atoms with van der Waals surface area (Å²) in [6.45, 7) is 0. The predicted octanol–water partition coefficient (Wildman–Crippen LogP) is 5.62. The van der Waals surface area contributed by atoms with Crippen molar-refractivity contribution in [3.8, 4) is 11.5 Å². The van der Waals surface area contributed by atoms with Crippen LogP contribution in [-0.4, -0.2) is 31.1 Å². The topological polar surface area (TPSA) is 106 Å². The number of ether oxygens (including phenoxy) is 2. The molecule has 0 bridgehead atoms. The number of nitrogens with one attached hydrogen (secondary N) is 2. The van der Waals surface area contributed by atoms with Gasteiger partial charge >= 0.3 is 17.8 Å². The molecule has 0 radical (unpaired) electrons. The van der Waals surface area contributed by atoms with Gasteiger partial charge in [-0.3, -0.25) is 9.59 Å². The Labute approximate surface area is 219 Å². The number of hydrazone groups is 1. The number of carbonyl (C=O) groups is 3. The summed E-state index contributed by atoms with van der Waals surface area (Å²) >= 11 is 23.5. The van der Waals surface area contributed by atoms with Crippen LogP contribution in [0, 0.1) is 0 Å². The van der Waals surface area contributed by atoms with Gasteiger partial charge in [0.15, 0.2) is 11.5 Å². The van der Waals surface area contributed by atoms with Gasteiger partial charge in [0.05, 0.1) is 39.0 Å². The molecule has 180 valence electrons. The third-order valence-corrected chi connectivity index (χ3v) is 5.79. The Morgan fingerprint density at radius 1 is 0.800 bits per heavy atom. The molecule has 3 aromatic carbocycles. The van der Waals surface area contributed by atoms with E-state index >= 15 is 0 Å². The first-order valence-electron chi connectivity index (χ1n) is 9.62. The number of rotatable bonds is 6. The van der Waals surface area contributed by atoms with Crippen LogP contribution in [0.5, 0.6) is 11.5 Å². The summed E-state index contributed by atoms with van der Waals surface area (Å²) in [5.41, 5.74) is 3.08. The van der Waals surface area contributed by atoms with E-state index in [1.165, 1.54) is 61.9 Å². The highest BCUT2D eigenvalue weighted by Crippen LogP contribution is 2.29. The van der Waals surface area contributed by atoms with E-state index in [0.717, 1.165) is 0 Å². The molecule has 2 amide bonds. The van der Waals surface area contributed by atoms with E-state index in [-0.39, 0.29) is 27.1 Å². The van der Waals surface area contributed by atoms with Crippen molar-refractivity contribution in [2.75, 3.05) is 12.4 Å². The highest BCUT2D eigenvalue weighted by atomic mass is 35.5. The highest BCUT2D eigenvalue weighted by molar-refractivity contribution is 6.43. The van der Waals surface area contributed by atoms with Crippen molar-refractivity contribution in [1.29, 1.82) is 0 Å². The van der Waals surface area contributed by atoms with E-state index in [1.807, 2.05) is 0 Å². The maximum atomic E-state index is 12.4. The summed E-state index contributed by atoms with van der Waals surface area (Å²) in [4.78, 5) is 36.4. The smallest absolute Gasteiger partial charge is 0.343 e. The number of hydrogen-bond donors (Lipinski definition) is 2. The van der Waals surface area contributed by atoms with Gasteiger partial charge in [-0.1, -0.05) is 46.4 Å². The largest absolute Gasteiger partial charge is 0.493 e. The normalized spacial score (nSPS) is 10.7. The molecule has 0 atom stereocenters. The second kappa shape index (κ2) is 11.9. The van der Waals surface area contributed by atoms with E-state index in [4.69, 9.17) is 55.9 Å². The lowest BCUT2D eigenvalue weighted by Crippen LogP contribution is -2.32. The Morgan fingerprint density at radius 2 is 1.49 bits per heavy atom. The first-order chi connectivity index (χ1) is 16.7. The van der Waals surface area contributed by atoms with Crippen molar-refractivity contribution in [1.82, 2.24) is 5.43 Å². The fourth-order valence-electron chi connectivity index (χ4n) is 2.61. The molecule has 0 fully saturated rings. The summed E-state index contributed by atoms with van der Waals surface area (Å²) in [5, 5.41) is 7.17. The first kappa shape index (κ1) is 26.3. The third-order valence-electron chi connectivity index (χ3n) is 4.31. The van der Waals surface area contributed by atoms with Gasteiger partial charge in [0, 0.05) is 5.69 Å². The van der Waals surface area contributed by atoms with Crippen LogP contribution in [0.15, 0.2) is 59.7 Å². The zero-order valence-corrected chi connectivity index (χ0v) is 20.8. The van der Waals surface area contributed by atoms with Gasteiger partial charge in [0.2, 0.25) is 0 Å². The van der Waals surface area contributed by atoms with Crippen LogP contribution in [0.2, 0.25) is 20.1 Å². The molecule has 0 saturated heterocycles. The summed E-state index contributed by atoms with van der Waals surface area (Å²) < 4.78 is 10.6. The van der Waals surface area contributed by atoms with E-state index in [9.17, 15) is 14.4 Å². The van der Waals surface area contributed by atoms with Crippen molar-refractivity contribution < 1.29 is 23.9 Å². The fraction of sp³-hybridized carbons (Fsp3) is 0.0435. The van der Waals surface area contributed by atoms with Crippen molar-refractivity contribution in [2.24, 2.45) is 5.10 Å². The number of anilines is 1. The Balaban J connectivity index is 1.61. The summed E-state index contributed by atoms with van der Waals surface area (Å²) in [6, 6.07) is 13.3. The molecule has 0 saturated carbocycles. The lowest BCUT2D eigenvalue weighted by molar-refractivity contribution is -0.136. The summed E-state index contributed by atoms with van der Waals surface area (Å²) in [7, 11) is 1.39. The molecular weight excluding hydrogens is 540 g/mol. The van der Waals surface area contributed by atoms with Crippen molar-refractivity contribution in [3.63, 3.8) is 0 Å². The van der Waals surface area contributed by atoms with Crippen LogP contribution in [-0.2, 0) is 9.59 Å². The number of nitrogens with zero attached hydrogens (tertiary/aromatic N) is 1. The summed E-state index contributed by atoms with van der Waals surface area (Å²) in [5.74, 6) is -2.26. The molecule has 3 rings (SSSR count). The minimum Gasteiger partial charge on any atom is -0.493 e. The van der Waals surface area contributed by atoms with Gasteiger partial charge in [-0.25, -0.2) is 10.2 Å². The molecule has 0 unspecified atom stereocenters. The number of methoxy groups -OCH3 is 1. The SMILES string of the molecule is COc1cc(/C=N\NC(=O)C(=O)Nc2ccc(Cl)c(Cl)c2)ccc1OC(=O)c1ccc(Cl)c(Cl)c1. The Morgan fingerprint density at radius 3 is 2.14 bits per heavy atom. The predicted molar refractivity (Wildman–Crippen MR) is 135 cm³/mol. The van der Waals surface area contributed by atoms with Crippen LogP contribution in [0.25, 0.3) is 0 Å². The van der Waals surface area contributed by atoms with Gasteiger partial charge in [-0.05, 0) is 60.2 Å². The molecule has 0 aromatic heterocycles. The van der Waals surface area contributed by atoms with E-state index in [2.05, 4.69) is 15.8 Å². The third kappa shape index (κ3) is 7.10. The van der Waals surface area contributed by atoms with Crippen LogP contribution in [0.4, 0.5) is 5.69 Å². The van der Waals surface area contributed by atoms with E-state index < -0.39 is 17.8 Å². The lowest BCUT2D eigenvalue weighted by atomic mass is 10.2.